The molecule has 1 aromatic carbocycles. The van der Waals surface area contributed by atoms with E-state index in [2.05, 4.69) is 4.72 Å². The molecule has 1 fully saturated rings. The molecule has 1 saturated carbocycles. The Morgan fingerprint density at radius 3 is 2.72 bits per heavy atom. The summed E-state index contributed by atoms with van der Waals surface area (Å²) < 4.78 is 32.1. The van der Waals surface area contributed by atoms with Gasteiger partial charge in [0.25, 0.3) is 0 Å². The first-order valence-electron chi connectivity index (χ1n) is 5.91. The van der Waals surface area contributed by atoms with E-state index in [1.165, 1.54) is 0 Å². The first-order valence-corrected chi connectivity index (χ1v) is 7.92. The number of benzene rings is 1. The first-order chi connectivity index (χ1) is 8.56. The summed E-state index contributed by atoms with van der Waals surface area (Å²) in [5.74, 6) is 0.861. The van der Waals surface area contributed by atoms with Crippen LogP contribution < -0.4 is 9.46 Å². The minimum atomic E-state index is -3.43. The topological polar surface area (TPSA) is 55.4 Å². The number of hydrogen-bond acceptors (Lipinski definition) is 3. The number of ether oxygens (including phenoxy) is 1. The van der Waals surface area contributed by atoms with E-state index < -0.39 is 10.0 Å². The summed E-state index contributed by atoms with van der Waals surface area (Å²) in [6.45, 7) is 2.40. The number of alkyl halides is 1. The van der Waals surface area contributed by atoms with Gasteiger partial charge in [-0.15, -0.1) is 11.6 Å². The fraction of sp³-hybridized carbons (Fsp3) is 0.500. The average molecular weight is 290 g/mol. The van der Waals surface area contributed by atoms with E-state index in [1.807, 2.05) is 6.92 Å². The third-order valence-electron chi connectivity index (χ3n) is 2.69. The van der Waals surface area contributed by atoms with Crippen molar-refractivity contribution in [3.05, 3.63) is 23.8 Å². The summed E-state index contributed by atoms with van der Waals surface area (Å²) in [6, 6.07) is 4.87. The van der Waals surface area contributed by atoms with Gasteiger partial charge in [-0.3, -0.25) is 0 Å². The summed E-state index contributed by atoms with van der Waals surface area (Å²) >= 11 is 5.81. The maximum atomic E-state index is 12.0. The molecule has 6 heteroatoms. The zero-order valence-corrected chi connectivity index (χ0v) is 11.7. The van der Waals surface area contributed by atoms with Crippen LogP contribution in [-0.2, 0) is 15.9 Å². The molecule has 0 heterocycles. The molecule has 18 heavy (non-hydrogen) atoms. The Hall–Kier alpha value is -0.780. The van der Waals surface area contributed by atoms with Crippen molar-refractivity contribution >= 4 is 21.6 Å². The molecule has 0 aliphatic heterocycles. The molecule has 1 N–H and O–H groups in total. The highest BCUT2D eigenvalue weighted by Crippen LogP contribution is 2.26. The highest BCUT2D eigenvalue weighted by Gasteiger charge is 2.28. The zero-order chi connectivity index (χ0) is 13.2. The van der Waals surface area contributed by atoms with Crippen LogP contribution in [0.5, 0.6) is 5.75 Å². The van der Waals surface area contributed by atoms with Gasteiger partial charge in [0.1, 0.15) is 5.75 Å². The molecule has 0 radical (unpaired) electrons. The summed E-state index contributed by atoms with van der Waals surface area (Å²) in [5.41, 5.74) is 0.692. The monoisotopic (exact) mass is 289 g/mol. The molecule has 4 nitrogen and oxygen atoms in total. The predicted octanol–water partition coefficient (Wildman–Crippen LogP) is 2.26. The molecule has 1 aromatic rings. The second-order valence-corrected chi connectivity index (χ2v) is 6.21. The first kappa shape index (κ1) is 13.6. The van der Waals surface area contributed by atoms with Gasteiger partial charge in [-0.1, -0.05) is 0 Å². The fourth-order valence-electron chi connectivity index (χ4n) is 1.61. The maximum absolute atomic E-state index is 12.0. The molecule has 1 aliphatic carbocycles. The van der Waals surface area contributed by atoms with Crippen LogP contribution in [0.2, 0.25) is 0 Å². The van der Waals surface area contributed by atoms with Gasteiger partial charge in [-0.2, -0.15) is 0 Å². The van der Waals surface area contributed by atoms with E-state index in [9.17, 15) is 8.42 Å². The van der Waals surface area contributed by atoms with Crippen molar-refractivity contribution in [3.8, 4) is 5.75 Å². The van der Waals surface area contributed by atoms with Crippen LogP contribution >= 0.6 is 11.6 Å². The normalized spacial score (nSPS) is 15.7. The van der Waals surface area contributed by atoms with Crippen LogP contribution in [0.25, 0.3) is 0 Å². The molecule has 0 unspecified atom stereocenters. The van der Waals surface area contributed by atoms with Crippen molar-refractivity contribution in [2.75, 3.05) is 6.61 Å². The quantitative estimate of drug-likeness (QED) is 0.817. The van der Waals surface area contributed by atoms with Crippen LogP contribution in [0.1, 0.15) is 25.3 Å². The molecular formula is C12H16ClNO3S. The Labute approximate surface area is 112 Å². The molecule has 0 atom stereocenters. The molecule has 0 spiro atoms. The molecule has 0 aromatic heterocycles. The summed E-state index contributed by atoms with van der Waals surface area (Å²) in [7, 11) is -3.43. The minimum absolute atomic E-state index is 0.0982. The van der Waals surface area contributed by atoms with Gasteiger partial charge in [-0.05, 0) is 38.0 Å². The largest absolute Gasteiger partial charge is 0.494 e. The van der Waals surface area contributed by atoms with Gasteiger partial charge in [0.15, 0.2) is 0 Å². The third kappa shape index (κ3) is 3.16. The van der Waals surface area contributed by atoms with Crippen molar-refractivity contribution in [3.63, 3.8) is 0 Å². The van der Waals surface area contributed by atoms with E-state index in [0.717, 1.165) is 12.8 Å². The van der Waals surface area contributed by atoms with E-state index in [4.69, 9.17) is 16.3 Å². The minimum Gasteiger partial charge on any atom is -0.494 e. The van der Waals surface area contributed by atoms with E-state index >= 15 is 0 Å². The van der Waals surface area contributed by atoms with Crippen LogP contribution in [0, 0.1) is 0 Å². The average Bonchev–Trinajstić information content (AvgIpc) is 3.13. The van der Waals surface area contributed by atoms with Gasteiger partial charge < -0.3 is 4.74 Å². The van der Waals surface area contributed by atoms with Gasteiger partial charge in [0, 0.05) is 11.6 Å². The van der Waals surface area contributed by atoms with Gasteiger partial charge in [0.05, 0.1) is 17.4 Å². The highest BCUT2D eigenvalue weighted by atomic mass is 35.5. The van der Waals surface area contributed by atoms with Crippen LogP contribution in [0.4, 0.5) is 0 Å². The second kappa shape index (κ2) is 5.47. The van der Waals surface area contributed by atoms with Gasteiger partial charge >= 0.3 is 0 Å². The van der Waals surface area contributed by atoms with Crippen LogP contribution in [0.15, 0.2) is 23.1 Å². The lowest BCUT2D eigenvalue weighted by atomic mass is 10.2. The van der Waals surface area contributed by atoms with Gasteiger partial charge in [0.2, 0.25) is 10.0 Å². The summed E-state index contributed by atoms with van der Waals surface area (Å²) in [6.07, 6.45) is 1.83. The Morgan fingerprint density at radius 1 is 1.44 bits per heavy atom. The summed E-state index contributed by atoms with van der Waals surface area (Å²) in [5, 5.41) is 0. The highest BCUT2D eigenvalue weighted by molar-refractivity contribution is 7.89. The molecule has 100 valence electrons. The summed E-state index contributed by atoms with van der Waals surface area (Å²) in [4.78, 5) is 0.244. The number of nitrogens with one attached hydrogen (secondary N) is 1. The molecule has 2 rings (SSSR count). The number of rotatable bonds is 6. The molecule has 0 bridgehead atoms. The molecular weight excluding hydrogens is 274 g/mol. The van der Waals surface area contributed by atoms with Crippen molar-refractivity contribution in [2.45, 2.75) is 36.6 Å². The van der Waals surface area contributed by atoms with E-state index in [1.54, 1.807) is 18.2 Å². The Bertz CT molecular complexity index is 526. The van der Waals surface area contributed by atoms with Crippen LogP contribution in [-0.4, -0.2) is 21.1 Å². The SMILES string of the molecule is CCOc1ccc(S(=O)(=O)NC2CC2)cc1CCl. The fourth-order valence-corrected chi connectivity index (χ4v) is 3.18. The third-order valence-corrected chi connectivity index (χ3v) is 4.49. The number of halogens is 1. The Morgan fingerprint density at radius 2 is 2.17 bits per heavy atom. The molecule has 1 aliphatic rings. The van der Waals surface area contributed by atoms with Crippen LogP contribution in [0.3, 0.4) is 0 Å². The van der Waals surface area contributed by atoms with Crippen molar-refractivity contribution in [1.29, 1.82) is 0 Å². The van der Waals surface area contributed by atoms with Crippen molar-refractivity contribution in [2.24, 2.45) is 0 Å². The lowest BCUT2D eigenvalue weighted by Crippen LogP contribution is -2.25. The van der Waals surface area contributed by atoms with E-state index in [-0.39, 0.29) is 16.8 Å². The standard InChI is InChI=1S/C12H16ClNO3S/c1-2-17-12-6-5-11(7-9(12)8-13)18(15,16)14-10-3-4-10/h5-7,10,14H,2-4,8H2,1H3. The lowest BCUT2D eigenvalue weighted by molar-refractivity contribution is 0.337. The van der Waals surface area contributed by atoms with Crippen molar-refractivity contribution < 1.29 is 13.2 Å². The Balaban J connectivity index is 2.28. The lowest BCUT2D eigenvalue weighted by Gasteiger charge is -2.11. The molecule has 0 saturated heterocycles. The molecule has 0 amide bonds. The maximum Gasteiger partial charge on any atom is 0.240 e. The van der Waals surface area contributed by atoms with Crippen molar-refractivity contribution in [1.82, 2.24) is 4.72 Å². The predicted molar refractivity (Wildman–Crippen MR) is 70.5 cm³/mol. The van der Waals surface area contributed by atoms with E-state index in [0.29, 0.717) is 17.9 Å². The van der Waals surface area contributed by atoms with Gasteiger partial charge in [-0.25, -0.2) is 13.1 Å². The smallest absolute Gasteiger partial charge is 0.240 e. The zero-order valence-electron chi connectivity index (χ0n) is 10.1. The second-order valence-electron chi connectivity index (χ2n) is 4.23. The Kier molecular flexibility index (Phi) is 4.14. The number of hydrogen-bond donors (Lipinski definition) is 1. The number of sulfonamides is 1.